The maximum atomic E-state index is 11.7. The van der Waals surface area contributed by atoms with E-state index in [2.05, 4.69) is 80.4 Å². The molecule has 0 aliphatic heterocycles. The zero-order valence-electron chi connectivity index (χ0n) is 18.6. The Bertz CT molecular complexity index is 889. The van der Waals surface area contributed by atoms with Crippen LogP contribution in [0, 0.1) is 19.3 Å². The first-order valence-electron chi connectivity index (χ1n) is 10.4. The third kappa shape index (κ3) is 7.05. The average Bonchev–Trinajstić information content (AvgIpc) is 2.66. The van der Waals surface area contributed by atoms with Gasteiger partial charge in [-0.05, 0) is 68.9 Å². The van der Waals surface area contributed by atoms with E-state index < -0.39 is 0 Å². The van der Waals surface area contributed by atoms with Crippen LogP contribution in [-0.2, 0) is 11.3 Å². The van der Waals surface area contributed by atoms with Crippen molar-refractivity contribution in [3.05, 3.63) is 89.0 Å². The molecule has 0 unspecified atom stereocenters. The van der Waals surface area contributed by atoms with Gasteiger partial charge in [0, 0.05) is 17.7 Å². The lowest BCUT2D eigenvalue weighted by Crippen LogP contribution is -2.20. The Morgan fingerprint density at radius 3 is 2.48 bits per heavy atom. The second-order valence-electron chi connectivity index (χ2n) is 8.66. The number of aryl methyl sites for hydroxylation is 2. The fourth-order valence-corrected chi connectivity index (χ4v) is 3.26. The predicted molar refractivity (Wildman–Crippen MR) is 125 cm³/mol. The van der Waals surface area contributed by atoms with Crippen molar-refractivity contribution >= 4 is 11.5 Å². The van der Waals surface area contributed by atoms with Crippen LogP contribution in [0.2, 0.25) is 0 Å². The number of allylic oxidation sites excluding steroid dienone is 2. The van der Waals surface area contributed by atoms with Crippen LogP contribution in [0.3, 0.4) is 0 Å². The first-order chi connectivity index (χ1) is 13.7. The Balaban J connectivity index is 2.13. The summed E-state index contributed by atoms with van der Waals surface area (Å²) in [4.78, 5) is 11.7. The van der Waals surface area contributed by atoms with Crippen LogP contribution < -0.4 is 5.32 Å². The lowest BCUT2D eigenvalue weighted by Gasteiger charge is -2.21. The molecule has 0 saturated carbocycles. The molecule has 0 bridgehead atoms. The summed E-state index contributed by atoms with van der Waals surface area (Å²) in [5.41, 5.74) is 6.90. The summed E-state index contributed by atoms with van der Waals surface area (Å²) in [6.45, 7) is 15.0. The number of carbonyl (C=O) groups excluding carboxylic acids is 1. The fraction of sp³-hybridized carbons (Fsp3) is 0.370. The van der Waals surface area contributed by atoms with Crippen molar-refractivity contribution in [2.75, 3.05) is 0 Å². The maximum Gasteiger partial charge on any atom is 0.135 e. The van der Waals surface area contributed by atoms with Crippen molar-refractivity contribution in [1.82, 2.24) is 5.32 Å². The standard InChI is InChI=1S/C27H35NO/c1-20-11-9-15-24(17-20)26(28-19-25-14-8-7-13-22(25)3)18-21(2)12-10-16-27(5,6)23(4)29/h7-9,11,13-15,17-18,28H,2,10,12,16,19H2,1,3-6H3/b26-18-. The zero-order chi connectivity index (χ0) is 21.4. The van der Waals surface area contributed by atoms with Crippen molar-refractivity contribution in [3.63, 3.8) is 0 Å². The molecule has 0 fully saturated rings. The van der Waals surface area contributed by atoms with Crippen molar-refractivity contribution < 1.29 is 4.79 Å². The predicted octanol–water partition coefficient (Wildman–Crippen LogP) is 6.78. The quantitative estimate of drug-likeness (QED) is 0.454. The normalized spacial score (nSPS) is 12.0. The van der Waals surface area contributed by atoms with Crippen LogP contribution in [-0.4, -0.2) is 5.78 Å². The molecule has 0 amide bonds. The number of rotatable bonds is 10. The number of hydrogen-bond donors (Lipinski definition) is 1. The molecule has 1 N–H and O–H groups in total. The second kappa shape index (κ2) is 10.2. The topological polar surface area (TPSA) is 29.1 Å². The van der Waals surface area contributed by atoms with Gasteiger partial charge in [0.05, 0.1) is 0 Å². The SMILES string of the molecule is C=C(/C=C(\NCc1ccccc1C)c1cccc(C)c1)CCCC(C)(C)C(C)=O. The monoisotopic (exact) mass is 389 g/mol. The number of carbonyl (C=O) groups is 1. The number of hydrogen-bond acceptors (Lipinski definition) is 2. The molecule has 2 aromatic carbocycles. The molecule has 0 saturated heterocycles. The van der Waals surface area contributed by atoms with Gasteiger partial charge in [-0.15, -0.1) is 0 Å². The summed E-state index contributed by atoms with van der Waals surface area (Å²) in [7, 11) is 0. The lowest BCUT2D eigenvalue weighted by atomic mass is 9.83. The van der Waals surface area contributed by atoms with E-state index in [1.54, 1.807) is 6.92 Å². The minimum absolute atomic E-state index is 0.249. The molecule has 0 aliphatic carbocycles. The Morgan fingerprint density at radius 2 is 1.83 bits per heavy atom. The smallest absolute Gasteiger partial charge is 0.135 e. The summed E-state index contributed by atoms with van der Waals surface area (Å²) in [6, 6.07) is 17.0. The van der Waals surface area contributed by atoms with Crippen molar-refractivity contribution in [3.8, 4) is 0 Å². The largest absolute Gasteiger partial charge is 0.380 e. The maximum absolute atomic E-state index is 11.7. The van der Waals surface area contributed by atoms with Crippen LogP contribution in [0.4, 0.5) is 0 Å². The zero-order valence-corrected chi connectivity index (χ0v) is 18.6. The lowest BCUT2D eigenvalue weighted by molar-refractivity contribution is -0.125. The first-order valence-corrected chi connectivity index (χ1v) is 10.4. The highest BCUT2D eigenvalue weighted by atomic mass is 16.1. The van der Waals surface area contributed by atoms with Crippen molar-refractivity contribution in [1.29, 1.82) is 0 Å². The molecule has 0 aromatic heterocycles. The summed E-state index contributed by atoms with van der Waals surface area (Å²) < 4.78 is 0. The van der Waals surface area contributed by atoms with Crippen molar-refractivity contribution in [2.45, 2.75) is 60.4 Å². The van der Waals surface area contributed by atoms with Crippen LogP contribution in [0.15, 0.2) is 66.8 Å². The van der Waals surface area contributed by atoms with E-state index in [1.807, 2.05) is 13.8 Å². The summed E-state index contributed by atoms with van der Waals surface area (Å²) >= 11 is 0. The Labute approximate surface area is 176 Å². The molecular formula is C27H35NO. The first kappa shape index (κ1) is 22.7. The highest BCUT2D eigenvalue weighted by Gasteiger charge is 2.22. The van der Waals surface area contributed by atoms with Crippen LogP contribution in [0.25, 0.3) is 5.70 Å². The van der Waals surface area contributed by atoms with Gasteiger partial charge in [0.25, 0.3) is 0 Å². The van der Waals surface area contributed by atoms with Gasteiger partial charge in [0.1, 0.15) is 5.78 Å². The van der Waals surface area contributed by atoms with Crippen molar-refractivity contribution in [2.24, 2.45) is 5.41 Å². The number of ketones is 1. The van der Waals surface area contributed by atoms with Gasteiger partial charge in [-0.3, -0.25) is 4.79 Å². The molecule has 0 radical (unpaired) electrons. The molecule has 0 heterocycles. The highest BCUT2D eigenvalue weighted by Crippen LogP contribution is 2.26. The minimum atomic E-state index is -0.257. The van der Waals surface area contributed by atoms with Crippen LogP contribution in [0.1, 0.15) is 62.3 Å². The molecule has 29 heavy (non-hydrogen) atoms. The Morgan fingerprint density at radius 1 is 1.10 bits per heavy atom. The van der Waals surface area contributed by atoms with E-state index in [-0.39, 0.29) is 11.2 Å². The van der Waals surface area contributed by atoms with E-state index in [0.29, 0.717) is 0 Å². The van der Waals surface area contributed by atoms with Gasteiger partial charge in [-0.25, -0.2) is 0 Å². The van der Waals surface area contributed by atoms with Gasteiger partial charge >= 0.3 is 0 Å². The molecular weight excluding hydrogens is 354 g/mol. The molecule has 2 nitrogen and oxygen atoms in total. The third-order valence-electron chi connectivity index (χ3n) is 5.66. The summed E-state index contributed by atoms with van der Waals surface area (Å²) in [5, 5.41) is 3.62. The third-order valence-corrected chi connectivity index (χ3v) is 5.66. The van der Waals surface area contributed by atoms with Gasteiger partial charge in [-0.1, -0.05) is 74.0 Å². The van der Waals surface area contributed by atoms with E-state index in [1.165, 1.54) is 22.3 Å². The minimum Gasteiger partial charge on any atom is -0.380 e. The van der Waals surface area contributed by atoms with E-state index in [9.17, 15) is 4.79 Å². The van der Waals surface area contributed by atoms with E-state index >= 15 is 0 Å². The summed E-state index contributed by atoms with van der Waals surface area (Å²) in [6.07, 6.45) is 4.89. The van der Waals surface area contributed by atoms with Gasteiger partial charge in [0.15, 0.2) is 0 Å². The molecule has 154 valence electrons. The van der Waals surface area contributed by atoms with Crippen LogP contribution >= 0.6 is 0 Å². The summed E-state index contributed by atoms with van der Waals surface area (Å²) in [5.74, 6) is 0.249. The Hall–Kier alpha value is -2.61. The molecule has 2 rings (SSSR count). The molecule has 0 atom stereocenters. The number of benzene rings is 2. The van der Waals surface area contributed by atoms with E-state index in [0.717, 1.165) is 37.1 Å². The Kier molecular flexibility index (Phi) is 8.01. The average molecular weight is 390 g/mol. The van der Waals surface area contributed by atoms with Gasteiger partial charge < -0.3 is 5.32 Å². The molecule has 0 spiro atoms. The van der Waals surface area contributed by atoms with Gasteiger partial charge in [0.2, 0.25) is 0 Å². The molecule has 2 heteroatoms. The second-order valence-corrected chi connectivity index (χ2v) is 8.66. The fourth-order valence-electron chi connectivity index (χ4n) is 3.26. The van der Waals surface area contributed by atoms with Gasteiger partial charge in [-0.2, -0.15) is 0 Å². The number of nitrogens with one attached hydrogen (secondary N) is 1. The molecule has 0 aliphatic rings. The van der Waals surface area contributed by atoms with Crippen LogP contribution in [0.5, 0.6) is 0 Å². The number of Topliss-reactive ketones (excluding diaryl/α,β-unsaturated/α-hetero) is 1. The highest BCUT2D eigenvalue weighted by molar-refractivity contribution is 5.81. The molecule has 2 aromatic rings. The van der Waals surface area contributed by atoms with E-state index in [4.69, 9.17) is 0 Å².